The quantitative estimate of drug-likeness (QED) is 0.809. The van der Waals surface area contributed by atoms with Crippen LogP contribution in [0.3, 0.4) is 0 Å². The van der Waals surface area contributed by atoms with Gasteiger partial charge in [0.15, 0.2) is 0 Å². The highest BCUT2D eigenvalue weighted by Crippen LogP contribution is 2.19. The maximum absolute atomic E-state index is 3.57. The summed E-state index contributed by atoms with van der Waals surface area (Å²) >= 11 is 0. The van der Waals surface area contributed by atoms with E-state index in [1.165, 1.54) is 16.7 Å². The average Bonchev–Trinajstić information content (AvgIpc) is 2.19. The summed E-state index contributed by atoms with van der Waals surface area (Å²) in [5.41, 5.74) is 4.34. The highest BCUT2D eigenvalue weighted by atomic mass is 14.9. The Morgan fingerprint density at radius 1 is 1.06 bits per heavy atom. The van der Waals surface area contributed by atoms with Gasteiger partial charge in [0.1, 0.15) is 0 Å². The van der Waals surface area contributed by atoms with Crippen molar-refractivity contribution < 1.29 is 0 Å². The molecule has 0 aliphatic heterocycles. The van der Waals surface area contributed by atoms with E-state index < -0.39 is 0 Å². The number of rotatable bonds is 5. The van der Waals surface area contributed by atoms with Gasteiger partial charge in [-0.2, -0.15) is 0 Å². The molecule has 0 aliphatic carbocycles. The molecule has 1 unspecified atom stereocenters. The summed E-state index contributed by atoms with van der Waals surface area (Å²) in [6, 6.07) is 7.98. The van der Waals surface area contributed by atoms with Crippen molar-refractivity contribution in [1.29, 1.82) is 0 Å². The van der Waals surface area contributed by atoms with Crippen molar-refractivity contribution >= 4 is 0 Å². The zero-order valence-electron chi connectivity index (χ0n) is 12.2. The Labute approximate surface area is 107 Å². The molecule has 0 amide bonds. The van der Waals surface area contributed by atoms with Crippen LogP contribution in [0.1, 0.15) is 57.2 Å². The first-order valence-electron chi connectivity index (χ1n) is 6.75. The smallest absolute Gasteiger partial charge is 0.00816 e. The zero-order valence-corrected chi connectivity index (χ0v) is 12.2. The summed E-state index contributed by atoms with van der Waals surface area (Å²) in [6.07, 6.45) is 1.12. The van der Waals surface area contributed by atoms with Crippen LogP contribution < -0.4 is 5.32 Å². The largest absolute Gasteiger partial charge is 0.312 e. The third-order valence-corrected chi connectivity index (χ3v) is 3.18. The van der Waals surface area contributed by atoms with Crippen molar-refractivity contribution in [2.75, 3.05) is 0 Å². The van der Waals surface area contributed by atoms with Gasteiger partial charge in [-0.25, -0.2) is 0 Å². The standard InChI is InChI=1S/C16H27N/c1-11(2)15-8-7-13(5)16(10-15)9-14(6)17-12(3)4/h7-8,10-12,14,17H,9H2,1-6H3. The first-order valence-corrected chi connectivity index (χ1v) is 6.75. The van der Waals surface area contributed by atoms with E-state index in [1.807, 2.05) is 0 Å². The second kappa shape index (κ2) is 6.20. The highest BCUT2D eigenvalue weighted by Gasteiger charge is 2.08. The normalized spacial score (nSPS) is 13.4. The minimum absolute atomic E-state index is 0.538. The van der Waals surface area contributed by atoms with Crippen molar-refractivity contribution in [1.82, 2.24) is 5.32 Å². The van der Waals surface area contributed by atoms with Gasteiger partial charge in [-0.05, 0) is 42.9 Å². The molecule has 0 aliphatic rings. The van der Waals surface area contributed by atoms with Gasteiger partial charge in [0, 0.05) is 12.1 Å². The van der Waals surface area contributed by atoms with Crippen LogP contribution in [0.15, 0.2) is 18.2 Å². The van der Waals surface area contributed by atoms with E-state index in [0.29, 0.717) is 18.0 Å². The third-order valence-electron chi connectivity index (χ3n) is 3.18. The van der Waals surface area contributed by atoms with Gasteiger partial charge in [0.05, 0.1) is 0 Å². The number of hydrogen-bond acceptors (Lipinski definition) is 1. The van der Waals surface area contributed by atoms with Crippen LogP contribution in [0.4, 0.5) is 0 Å². The van der Waals surface area contributed by atoms with Gasteiger partial charge >= 0.3 is 0 Å². The van der Waals surface area contributed by atoms with E-state index in [2.05, 4.69) is 65.1 Å². The van der Waals surface area contributed by atoms with Crippen LogP contribution in [0, 0.1) is 6.92 Å². The summed E-state index contributed by atoms with van der Waals surface area (Å²) in [7, 11) is 0. The maximum atomic E-state index is 3.57. The van der Waals surface area contributed by atoms with Gasteiger partial charge in [-0.15, -0.1) is 0 Å². The molecule has 1 atom stereocenters. The molecule has 1 rings (SSSR count). The number of hydrogen-bond donors (Lipinski definition) is 1. The monoisotopic (exact) mass is 233 g/mol. The van der Waals surface area contributed by atoms with Gasteiger partial charge in [0.25, 0.3) is 0 Å². The number of aryl methyl sites for hydroxylation is 1. The van der Waals surface area contributed by atoms with Crippen LogP contribution in [0.5, 0.6) is 0 Å². The van der Waals surface area contributed by atoms with Gasteiger partial charge in [0.2, 0.25) is 0 Å². The molecule has 0 saturated heterocycles. The van der Waals surface area contributed by atoms with Crippen molar-refractivity contribution in [3.05, 3.63) is 34.9 Å². The Morgan fingerprint density at radius 2 is 1.71 bits per heavy atom. The molecule has 0 aromatic heterocycles. The van der Waals surface area contributed by atoms with E-state index in [0.717, 1.165) is 6.42 Å². The van der Waals surface area contributed by atoms with Gasteiger partial charge < -0.3 is 5.32 Å². The van der Waals surface area contributed by atoms with E-state index >= 15 is 0 Å². The second-order valence-electron chi connectivity index (χ2n) is 5.77. The topological polar surface area (TPSA) is 12.0 Å². The molecule has 1 N–H and O–H groups in total. The van der Waals surface area contributed by atoms with Crippen LogP contribution in [0.2, 0.25) is 0 Å². The Morgan fingerprint density at radius 3 is 2.24 bits per heavy atom. The third kappa shape index (κ3) is 4.51. The maximum Gasteiger partial charge on any atom is 0.00816 e. The minimum atomic E-state index is 0.538. The van der Waals surface area contributed by atoms with Crippen molar-refractivity contribution in [3.63, 3.8) is 0 Å². The summed E-state index contributed by atoms with van der Waals surface area (Å²) < 4.78 is 0. The van der Waals surface area contributed by atoms with Crippen molar-refractivity contribution in [2.24, 2.45) is 0 Å². The van der Waals surface area contributed by atoms with Crippen molar-refractivity contribution in [2.45, 2.75) is 66.0 Å². The molecule has 0 spiro atoms. The molecule has 1 nitrogen and oxygen atoms in total. The predicted octanol–water partition coefficient (Wildman–Crippen LogP) is 4.05. The second-order valence-corrected chi connectivity index (χ2v) is 5.77. The fourth-order valence-corrected chi connectivity index (χ4v) is 2.23. The predicted molar refractivity (Wildman–Crippen MR) is 76.7 cm³/mol. The lowest BCUT2D eigenvalue weighted by molar-refractivity contribution is 0.487. The molecule has 96 valence electrons. The zero-order chi connectivity index (χ0) is 13.0. The SMILES string of the molecule is Cc1ccc(C(C)C)cc1CC(C)NC(C)C. The molecular weight excluding hydrogens is 206 g/mol. The molecule has 0 heterocycles. The number of benzene rings is 1. The fraction of sp³-hybridized carbons (Fsp3) is 0.625. The molecule has 1 aromatic carbocycles. The lowest BCUT2D eigenvalue weighted by Gasteiger charge is -2.19. The van der Waals surface area contributed by atoms with Crippen molar-refractivity contribution in [3.8, 4) is 0 Å². The van der Waals surface area contributed by atoms with E-state index in [-0.39, 0.29) is 0 Å². The molecule has 0 fully saturated rings. The average molecular weight is 233 g/mol. The molecule has 1 aromatic rings. The first kappa shape index (κ1) is 14.2. The molecule has 1 heteroatoms. The Bertz CT molecular complexity index is 353. The van der Waals surface area contributed by atoms with Crippen LogP contribution in [-0.4, -0.2) is 12.1 Å². The summed E-state index contributed by atoms with van der Waals surface area (Å²) in [5, 5.41) is 3.57. The molecule has 0 radical (unpaired) electrons. The van der Waals surface area contributed by atoms with Crippen LogP contribution in [0.25, 0.3) is 0 Å². The Kier molecular flexibility index (Phi) is 5.20. The summed E-state index contributed by atoms with van der Waals surface area (Å²) in [5.74, 6) is 0.614. The molecule has 0 saturated carbocycles. The lowest BCUT2D eigenvalue weighted by atomic mass is 9.94. The Hall–Kier alpha value is -0.820. The van der Waals surface area contributed by atoms with Gasteiger partial charge in [-0.3, -0.25) is 0 Å². The van der Waals surface area contributed by atoms with E-state index in [4.69, 9.17) is 0 Å². The first-order chi connectivity index (χ1) is 7.90. The van der Waals surface area contributed by atoms with E-state index in [1.54, 1.807) is 0 Å². The lowest BCUT2D eigenvalue weighted by Crippen LogP contribution is -2.34. The molecule has 17 heavy (non-hydrogen) atoms. The minimum Gasteiger partial charge on any atom is -0.312 e. The van der Waals surface area contributed by atoms with Crippen LogP contribution in [-0.2, 0) is 6.42 Å². The number of nitrogens with one attached hydrogen (secondary N) is 1. The fourth-order valence-electron chi connectivity index (χ4n) is 2.23. The molecule has 0 bridgehead atoms. The van der Waals surface area contributed by atoms with E-state index in [9.17, 15) is 0 Å². The van der Waals surface area contributed by atoms with Gasteiger partial charge in [-0.1, -0.05) is 45.9 Å². The van der Waals surface area contributed by atoms with Crippen LogP contribution >= 0.6 is 0 Å². The summed E-state index contributed by atoms with van der Waals surface area (Å²) in [6.45, 7) is 13.4. The molecular formula is C16H27N. The summed E-state index contributed by atoms with van der Waals surface area (Å²) in [4.78, 5) is 0. The Balaban J connectivity index is 2.79. The highest BCUT2D eigenvalue weighted by molar-refractivity contribution is 5.33.